The fourth-order valence-corrected chi connectivity index (χ4v) is 5.03. The highest BCUT2D eigenvalue weighted by Crippen LogP contribution is 2.29. The van der Waals surface area contributed by atoms with Gasteiger partial charge in [0, 0.05) is 19.0 Å². The molecule has 0 spiro atoms. The van der Waals surface area contributed by atoms with Gasteiger partial charge < -0.3 is 9.47 Å². The van der Waals surface area contributed by atoms with Gasteiger partial charge >= 0.3 is 0 Å². The van der Waals surface area contributed by atoms with E-state index < -0.39 is 10.0 Å². The maximum Gasteiger partial charge on any atom is 0.240 e. The summed E-state index contributed by atoms with van der Waals surface area (Å²) in [6.45, 7) is 2.91. The second-order valence-corrected chi connectivity index (χ2v) is 9.02. The lowest BCUT2D eigenvalue weighted by Crippen LogP contribution is -2.36. The molecule has 1 fully saturated rings. The van der Waals surface area contributed by atoms with E-state index in [1.165, 1.54) is 0 Å². The number of benzene rings is 2. The monoisotopic (exact) mass is 402 g/mol. The smallest absolute Gasteiger partial charge is 0.240 e. The Balaban J connectivity index is 1.53. The molecule has 2 heterocycles. The molecule has 28 heavy (non-hydrogen) atoms. The fraction of sp³-hybridized carbons (Fsp3) is 0.429. The van der Waals surface area contributed by atoms with E-state index in [2.05, 4.69) is 9.62 Å². The maximum absolute atomic E-state index is 12.9. The Kier molecular flexibility index (Phi) is 5.57. The zero-order valence-electron chi connectivity index (χ0n) is 16.1. The van der Waals surface area contributed by atoms with Gasteiger partial charge in [-0.15, -0.1) is 0 Å². The second-order valence-electron chi connectivity index (χ2n) is 7.25. The number of rotatable bonds is 7. The normalized spacial score (nSPS) is 17.9. The van der Waals surface area contributed by atoms with Crippen LogP contribution in [0.3, 0.4) is 0 Å². The van der Waals surface area contributed by atoms with E-state index in [1.54, 1.807) is 25.3 Å². The third-order valence-corrected chi connectivity index (χ3v) is 6.94. The fourth-order valence-electron chi connectivity index (χ4n) is 3.94. The second kappa shape index (κ2) is 8.11. The van der Waals surface area contributed by atoms with Crippen molar-refractivity contribution in [3.05, 3.63) is 53.6 Å². The molecule has 1 atom stereocenters. The first kappa shape index (κ1) is 19.2. The third-order valence-electron chi connectivity index (χ3n) is 5.52. The van der Waals surface area contributed by atoms with Crippen molar-refractivity contribution in [3.63, 3.8) is 0 Å². The molecule has 0 amide bonds. The Morgan fingerprint density at radius 2 is 1.89 bits per heavy atom. The first-order valence-electron chi connectivity index (χ1n) is 9.70. The number of hydrogen-bond donors (Lipinski definition) is 1. The Bertz CT molecular complexity index is 922. The van der Waals surface area contributed by atoms with Gasteiger partial charge in [-0.05, 0) is 67.4 Å². The van der Waals surface area contributed by atoms with E-state index in [9.17, 15) is 8.42 Å². The molecule has 2 aliphatic rings. The predicted molar refractivity (Wildman–Crippen MR) is 107 cm³/mol. The first-order chi connectivity index (χ1) is 13.6. The summed E-state index contributed by atoms with van der Waals surface area (Å²) in [5, 5.41) is 0. The Labute approximate surface area is 166 Å². The van der Waals surface area contributed by atoms with Crippen LogP contribution in [0.1, 0.15) is 30.0 Å². The largest absolute Gasteiger partial charge is 0.497 e. The highest BCUT2D eigenvalue weighted by Gasteiger charge is 2.26. The quantitative estimate of drug-likeness (QED) is 0.771. The van der Waals surface area contributed by atoms with Crippen molar-refractivity contribution in [1.82, 2.24) is 9.62 Å². The van der Waals surface area contributed by atoms with Crippen LogP contribution in [0, 0.1) is 0 Å². The molecule has 1 unspecified atom stereocenters. The molecule has 0 aliphatic carbocycles. The molecule has 0 radical (unpaired) electrons. The predicted octanol–water partition coefficient (Wildman–Crippen LogP) is 2.75. The number of ether oxygens (including phenoxy) is 2. The minimum Gasteiger partial charge on any atom is -0.497 e. The lowest BCUT2D eigenvalue weighted by Gasteiger charge is -2.28. The average Bonchev–Trinajstić information content (AvgIpc) is 3.40. The van der Waals surface area contributed by atoms with Gasteiger partial charge in [0.15, 0.2) is 0 Å². The van der Waals surface area contributed by atoms with E-state index in [0.717, 1.165) is 55.0 Å². The molecule has 0 saturated carbocycles. The van der Waals surface area contributed by atoms with Gasteiger partial charge in [0.1, 0.15) is 11.5 Å². The van der Waals surface area contributed by atoms with Crippen molar-refractivity contribution >= 4 is 10.0 Å². The summed E-state index contributed by atoms with van der Waals surface area (Å²) in [7, 11) is -1.94. The Hall–Kier alpha value is -2.09. The van der Waals surface area contributed by atoms with Crippen LogP contribution in [0.15, 0.2) is 47.4 Å². The van der Waals surface area contributed by atoms with Gasteiger partial charge in [0.25, 0.3) is 0 Å². The molecular formula is C21H26N2O4S. The number of fused-ring (bicyclic) bond motifs is 1. The van der Waals surface area contributed by atoms with Crippen LogP contribution in [0.4, 0.5) is 0 Å². The van der Waals surface area contributed by atoms with Crippen LogP contribution >= 0.6 is 0 Å². The molecule has 0 aromatic heterocycles. The molecular weight excluding hydrogens is 376 g/mol. The van der Waals surface area contributed by atoms with Crippen molar-refractivity contribution in [2.45, 2.75) is 30.2 Å². The summed E-state index contributed by atoms with van der Waals surface area (Å²) in [6, 6.07) is 13.0. The Morgan fingerprint density at radius 1 is 1.14 bits per heavy atom. The molecule has 1 N–H and O–H groups in total. The van der Waals surface area contributed by atoms with Gasteiger partial charge in [-0.25, -0.2) is 13.1 Å². The zero-order chi connectivity index (χ0) is 19.6. The number of likely N-dealkylation sites (tertiary alicyclic amines) is 1. The van der Waals surface area contributed by atoms with Crippen LogP contribution in [-0.4, -0.2) is 46.7 Å². The van der Waals surface area contributed by atoms with E-state index >= 15 is 0 Å². The topological polar surface area (TPSA) is 67.9 Å². The standard InChI is InChI=1S/C21H26N2O4S/c1-26-18-6-4-16(5-7-18)20(23-11-2-3-12-23)15-22-28(24,25)19-8-9-21-17(14-19)10-13-27-21/h4-9,14,20,22H,2-3,10-13,15H2,1H3. The summed E-state index contributed by atoms with van der Waals surface area (Å²) in [4.78, 5) is 2.65. The highest BCUT2D eigenvalue weighted by atomic mass is 32.2. The number of hydrogen-bond acceptors (Lipinski definition) is 5. The van der Waals surface area contributed by atoms with E-state index in [0.29, 0.717) is 18.0 Å². The molecule has 150 valence electrons. The lowest BCUT2D eigenvalue weighted by atomic mass is 10.1. The van der Waals surface area contributed by atoms with Crippen molar-refractivity contribution in [1.29, 1.82) is 0 Å². The SMILES string of the molecule is COc1ccc(C(CNS(=O)(=O)c2ccc3c(c2)CCO3)N2CCCC2)cc1. The molecule has 4 rings (SSSR count). The molecule has 7 heteroatoms. The van der Waals surface area contributed by atoms with Crippen LogP contribution < -0.4 is 14.2 Å². The summed E-state index contributed by atoms with van der Waals surface area (Å²) in [5.74, 6) is 1.58. The minimum atomic E-state index is -3.58. The molecule has 1 saturated heterocycles. The molecule has 6 nitrogen and oxygen atoms in total. The Morgan fingerprint density at radius 3 is 2.61 bits per heavy atom. The van der Waals surface area contributed by atoms with Gasteiger partial charge in [-0.3, -0.25) is 4.90 Å². The van der Waals surface area contributed by atoms with Gasteiger partial charge in [-0.2, -0.15) is 0 Å². The zero-order valence-corrected chi connectivity index (χ0v) is 16.9. The van der Waals surface area contributed by atoms with Crippen molar-refractivity contribution in [2.24, 2.45) is 0 Å². The van der Waals surface area contributed by atoms with Gasteiger partial charge in [0.05, 0.1) is 18.6 Å². The number of nitrogens with one attached hydrogen (secondary N) is 1. The van der Waals surface area contributed by atoms with E-state index in [-0.39, 0.29) is 6.04 Å². The van der Waals surface area contributed by atoms with Crippen molar-refractivity contribution in [3.8, 4) is 11.5 Å². The summed E-state index contributed by atoms with van der Waals surface area (Å²) in [6.07, 6.45) is 3.04. The van der Waals surface area contributed by atoms with Crippen molar-refractivity contribution in [2.75, 3.05) is 33.4 Å². The van der Waals surface area contributed by atoms with E-state index in [4.69, 9.17) is 9.47 Å². The molecule has 2 aromatic carbocycles. The molecule has 2 aromatic rings. The number of methoxy groups -OCH3 is 1. The summed E-state index contributed by atoms with van der Waals surface area (Å²) < 4.78 is 39.3. The first-order valence-corrected chi connectivity index (χ1v) is 11.2. The average molecular weight is 403 g/mol. The van der Waals surface area contributed by atoms with Crippen LogP contribution in [0.5, 0.6) is 11.5 Å². The van der Waals surface area contributed by atoms with Gasteiger partial charge in [-0.1, -0.05) is 12.1 Å². The van der Waals surface area contributed by atoms with Crippen LogP contribution in [-0.2, 0) is 16.4 Å². The van der Waals surface area contributed by atoms with Crippen molar-refractivity contribution < 1.29 is 17.9 Å². The maximum atomic E-state index is 12.9. The lowest BCUT2D eigenvalue weighted by molar-refractivity contribution is 0.246. The minimum absolute atomic E-state index is 0.000872. The van der Waals surface area contributed by atoms with Crippen LogP contribution in [0.25, 0.3) is 0 Å². The third kappa shape index (κ3) is 4.01. The number of nitrogens with zero attached hydrogens (tertiary/aromatic N) is 1. The van der Waals surface area contributed by atoms with Crippen LogP contribution in [0.2, 0.25) is 0 Å². The van der Waals surface area contributed by atoms with E-state index in [1.807, 2.05) is 24.3 Å². The molecule has 2 aliphatic heterocycles. The van der Waals surface area contributed by atoms with Gasteiger partial charge in [0.2, 0.25) is 10.0 Å². The summed E-state index contributed by atoms with van der Waals surface area (Å²) in [5.41, 5.74) is 2.04. The number of sulfonamides is 1. The molecule has 0 bridgehead atoms. The summed E-state index contributed by atoms with van der Waals surface area (Å²) >= 11 is 0. The highest BCUT2D eigenvalue weighted by molar-refractivity contribution is 7.89.